The van der Waals surface area contributed by atoms with Crippen LogP contribution >= 0.6 is 11.3 Å². The first-order valence-corrected chi connectivity index (χ1v) is 13.4. The molecule has 0 unspecified atom stereocenters. The van der Waals surface area contributed by atoms with Crippen LogP contribution in [0, 0.1) is 5.41 Å². The van der Waals surface area contributed by atoms with Gasteiger partial charge in [0.15, 0.2) is 0 Å². The Kier molecular flexibility index (Phi) is 6.74. The molecular formula is C23H32N4O3S2. The summed E-state index contributed by atoms with van der Waals surface area (Å²) in [5.41, 5.74) is 1.71. The van der Waals surface area contributed by atoms with Gasteiger partial charge in [0.1, 0.15) is 5.82 Å². The summed E-state index contributed by atoms with van der Waals surface area (Å²) in [4.78, 5) is 6.43. The van der Waals surface area contributed by atoms with E-state index in [0.717, 1.165) is 17.9 Å². The summed E-state index contributed by atoms with van der Waals surface area (Å²) in [5, 5.41) is 5.80. The van der Waals surface area contributed by atoms with Crippen molar-refractivity contribution in [3.63, 3.8) is 0 Å². The standard InChI is InChI=1S/C23H32N4O3S2/c1-5-27-19-9-8-17(32(28,29)26-10-12-30-13-11-26)15-18(19)25-21(27)16-24-22(23(2,3)4)20-7-6-14-31-20/h6-9,14-15,22,24H,5,10-13,16H2,1-4H3/t22-/m0/s1. The van der Waals surface area contributed by atoms with Crippen LogP contribution in [0.5, 0.6) is 0 Å². The van der Waals surface area contributed by atoms with Crippen LogP contribution in [0.15, 0.2) is 40.6 Å². The summed E-state index contributed by atoms with van der Waals surface area (Å²) in [5.74, 6) is 0.911. The smallest absolute Gasteiger partial charge is 0.243 e. The average molecular weight is 477 g/mol. The zero-order chi connectivity index (χ0) is 22.9. The Morgan fingerprint density at radius 2 is 1.97 bits per heavy atom. The highest BCUT2D eigenvalue weighted by Crippen LogP contribution is 2.35. The molecule has 1 atom stereocenters. The van der Waals surface area contributed by atoms with Gasteiger partial charge in [-0.15, -0.1) is 11.3 Å². The van der Waals surface area contributed by atoms with E-state index in [1.54, 1.807) is 23.5 Å². The number of nitrogens with zero attached hydrogens (tertiary/aromatic N) is 3. The van der Waals surface area contributed by atoms with Crippen molar-refractivity contribution in [3.8, 4) is 0 Å². The summed E-state index contributed by atoms with van der Waals surface area (Å²) in [6.07, 6.45) is 0. The first-order valence-electron chi connectivity index (χ1n) is 11.1. The van der Waals surface area contributed by atoms with Crippen molar-refractivity contribution in [2.45, 2.75) is 51.7 Å². The quantitative estimate of drug-likeness (QED) is 0.557. The zero-order valence-corrected chi connectivity index (χ0v) is 20.8. The molecule has 0 bridgehead atoms. The maximum absolute atomic E-state index is 13.1. The molecule has 2 aromatic heterocycles. The van der Waals surface area contributed by atoms with Crippen molar-refractivity contribution < 1.29 is 13.2 Å². The predicted molar refractivity (Wildman–Crippen MR) is 128 cm³/mol. The van der Waals surface area contributed by atoms with Crippen LogP contribution in [-0.2, 0) is 27.8 Å². The fraction of sp³-hybridized carbons (Fsp3) is 0.522. The molecule has 1 aromatic carbocycles. The van der Waals surface area contributed by atoms with E-state index < -0.39 is 10.0 Å². The largest absolute Gasteiger partial charge is 0.379 e. The third kappa shape index (κ3) is 4.63. The topological polar surface area (TPSA) is 76.5 Å². The molecule has 1 aliphatic heterocycles. The van der Waals surface area contributed by atoms with Crippen molar-refractivity contribution in [3.05, 3.63) is 46.4 Å². The van der Waals surface area contributed by atoms with Gasteiger partial charge in [-0.2, -0.15) is 4.31 Å². The van der Waals surface area contributed by atoms with Gasteiger partial charge in [-0.25, -0.2) is 13.4 Å². The van der Waals surface area contributed by atoms with Gasteiger partial charge in [-0.05, 0) is 42.0 Å². The molecule has 0 spiro atoms. The zero-order valence-electron chi connectivity index (χ0n) is 19.2. The molecule has 7 nitrogen and oxygen atoms in total. The van der Waals surface area contributed by atoms with E-state index in [0.29, 0.717) is 43.3 Å². The predicted octanol–water partition coefficient (Wildman–Crippen LogP) is 4.02. The third-order valence-electron chi connectivity index (χ3n) is 5.88. The minimum Gasteiger partial charge on any atom is -0.379 e. The fourth-order valence-electron chi connectivity index (χ4n) is 4.23. The summed E-state index contributed by atoms with van der Waals surface area (Å²) < 4.78 is 35.1. The van der Waals surface area contributed by atoms with Gasteiger partial charge < -0.3 is 14.6 Å². The Labute approximate surface area is 194 Å². The number of morpholine rings is 1. The van der Waals surface area contributed by atoms with Gasteiger partial charge in [0.2, 0.25) is 10.0 Å². The molecule has 0 saturated carbocycles. The summed E-state index contributed by atoms with van der Waals surface area (Å²) in [6, 6.07) is 9.73. The first-order chi connectivity index (χ1) is 15.2. The van der Waals surface area contributed by atoms with E-state index in [2.05, 4.69) is 55.1 Å². The summed E-state index contributed by atoms with van der Waals surface area (Å²) in [7, 11) is -3.55. The second kappa shape index (κ2) is 9.23. The SMILES string of the molecule is CCn1c(CN[C@@H](c2cccs2)C(C)(C)C)nc2cc(S(=O)(=O)N3CCOCC3)ccc21. The van der Waals surface area contributed by atoms with E-state index in [1.807, 2.05) is 6.07 Å². The average Bonchev–Trinajstić information content (AvgIpc) is 3.40. The third-order valence-corrected chi connectivity index (χ3v) is 8.71. The number of hydrogen-bond acceptors (Lipinski definition) is 6. The highest BCUT2D eigenvalue weighted by Gasteiger charge is 2.29. The number of aryl methyl sites for hydroxylation is 1. The van der Waals surface area contributed by atoms with Crippen LogP contribution in [0.4, 0.5) is 0 Å². The molecule has 1 saturated heterocycles. The Morgan fingerprint density at radius 1 is 1.22 bits per heavy atom. The monoisotopic (exact) mass is 476 g/mol. The summed E-state index contributed by atoms with van der Waals surface area (Å²) >= 11 is 1.76. The van der Waals surface area contributed by atoms with E-state index in [-0.39, 0.29) is 11.5 Å². The number of aromatic nitrogens is 2. The minimum atomic E-state index is -3.55. The number of imidazole rings is 1. The lowest BCUT2D eigenvalue weighted by molar-refractivity contribution is 0.0730. The molecule has 3 aromatic rings. The molecule has 0 aliphatic carbocycles. The van der Waals surface area contributed by atoms with Gasteiger partial charge in [-0.1, -0.05) is 26.8 Å². The van der Waals surface area contributed by atoms with Crippen LogP contribution in [-0.4, -0.2) is 48.6 Å². The number of fused-ring (bicyclic) bond motifs is 1. The molecule has 4 rings (SSSR count). The van der Waals surface area contributed by atoms with E-state index in [4.69, 9.17) is 9.72 Å². The fourth-order valence-corrected chi connectivity index (χ4v) is 6.70. The maximum atomic E-state index is 13.1. The van der Waals surface area contributed by atoms with Crippen molar-refractivity contribution in [2.24, 2.45) is 5.41 Å². The Morgan fingerprint density at radius 3 is 2.59 bits per heavy atom. The Hall–Kier alpha value is -1.78. The van der Waals surface area contributed by atoms with Gasteiger partial charge in [-0.3, -0.25) is 0 Å². The molecule has 1 aliphatic rings. The number of ether oxygens (including phenoxy) is 1. The number of hydrogen-bond donors (Lipinski definition) is 1. The minimum absolute atomic E-state index is 0.0489. The second-order valence-corrected chi connectivity index (χ2v) is 12.1. The van der Waals surface area contributed by atoms with Crippen LogP contribution in [0.25, 0.3) is 11.0 Å². The second-order valence-electron chi connectivity index (χ2n) is 9.13. The molecular weight excluding hydrogens is 444 g/mol. The normalized spacial score (nSPS) is 17.1. The van der Waals surface area contributed by atoms with E-state index >= 15 is 0 Å². The Balaban J connectivity index is 1.63. The lowest BCUT2D eigenvalue weighted by Gasteiger charge is -2.31. The van der Waals surface area contributed by atoms with Crippen molar-refractivity contribution in [2.75, 3.05) is 26.3 Å². The molecule has 1 N–H and O–H groups in total. The Bertz CT molecular complexity index is 1160. The molecule has 0 radical (unpaired) electrons. The molecule has 32 heavy (non-hydrogen) atoms. The highest BCUT2D eigenvalue weighted by atomic mass is 32.2. The van der Waals surface area contributed by atoms with Crippen LogP contribution in [0.3, 0.4) is 0 Å². The van der Waals surface area contributed by atoms with Gasteiger partial charge >= 0.3 is 0 Å². The first kappa shape index (κ1) is 23.4. The lowest BCUT2D eigenvalue weighted by atomic mass is 9.86. The number of thiophene rings is 1. The lowest BCUT2D eigenvalue weighted by Crippen LogP contribution is -2.40. The van der Waals surface area contributed by atoms with Gasteiger partial charge in [0.25, 0.3) is 0 Å². The van der Waals surface area contributed by atoms with Gasteiger partial charge in [0, 0.05) is 30.6 Å². The van der Waals surface area contributed by atoms with Crippen molar-refractivity contribution in [1.29, 1.82) is 0 Å². The number of sulfonamides is 1. The molecule has 0 amide bonds. The number of benzene rings is 1. The number of rotatable bonds is 7. The van der Waals surface area contributed by atoms with E-state index in [9.17, 15) is 8.42 Å². The van der Waals surface area contributed by atoms with Crippen LogP contribution < -0.4 is 5.32 Å². The van der Waals surface area contributed by atoms with Crippen LogP contribution in [0.2, 0.25) is 0 Å². The molecule has 9 heteroatoms. The highest BCUT2D eigenvalue weighted by molar-refractivity contribution is 7.89. The van der Waals surface area contributed by atoms with Crippen LogP contribution in [0.1, 0.15) is 44.4 Å². The van der Waals surface area contributed by atoms with Crippen molar-refractivity contribution in [1.82, 2.24) is 19.2 Å². The summed E-state index contributed by atoms with van der Waals surface area (Å²) in [6.45, 7) is 11.8. The maximum Gasteiger partial charge on any atom is 0.243 e. The molecule has 3 heterocycles. The molecule has 174 valence electrons. The molecule has 1 fully saturated rings. The van der Waals surface area contributed by atoms with Crippen molar-refractivity contribution >= 4 is 32.4 Å². The number of nitrogens with one attached hydrogen (secondary N) is 1. The van der Waals surface area contributed by atoms with Gasteiger partial charge in [0.05, 0.1) is 35.7 Å². The van der Waals surface area contributed by atoms with E-state index in [1.165, 1.54) is 9.18 Å².